The van der Waals surface area contributed by atoms with E-state index in [1.807, 2.05) is 36.6 Å². The molecule has 1 aromatic heterocycles. The molecule has 7 heteroatoms. The first-order chi connectivity index (χ1) is 12.0. The van der Waals surface area contributed by atoms with Crippen molar-refractivity contribution >= 4 is 34.0 Å². The van der Waals surface area contributed by atoms with E-state index in [0.29, 0.717) is 18.2 Å². The molecule has 0 saturated heterocycles. The molecule has 6 nitrogen and oxygen atoms in total. The summed E-state index contributed by atoms with van der Waals surface area (Å²) in [6.45, 7) is 7.18. The standard InChI is InChI=1S/C18H24N4O2S/c1-4-9-22(10-15-12-25-18(20-15)19-14(3)23)11-17(24)21-16-8-6-5-7-13(16)2/h5-8,12H,4,9-11H2,1-3H3,(H,21,24)(H,19,20,23). The topological polar surface area (TPSA) is 74.3 Å². The van der Waals surface area contributed by atoms with E-state index in [1.165, 1.54) is 18.3 Å². The van der Waals surface area contributed by atoms with Crippen LogP contribution in [-0.2, 0) is 16.1 Å². The van der Waals surface area contributed by atoms with Gasteiger partial charge in [-0.05, 0) is 31.5 Å². The van der Waals surface area contributed by atoms with Crippen molar-refractivity contribution in [2.75, 3.05) is 23.7 Å². The molecule has 0 aliphatic carbocycles. The largest absolute Gasteiger partial charge is 0.325 e. The molecule has 0 radical (unpaired) electrons. The molecule has 0 spiro atoms. The van der Waals surface area contributed by atoms with Gasteiger partial charge in [0, 0.05) is 24.5 Å². The Labute approximate surface area is 152 Å². The number of rotatable bonds is 8. The molecule has 0 aliphatic rings. The van der Waals surface area contributed by atoms with E-state index in [1.54, 1.807) is 0 Å². The Balaban J connectivity index is 1.95. The summed E-state index contributed by atoms with van der Waals surface area (Å²) in [6, 6.07) is 7.73. The first kappa shape index (κ1) is 19.1. The van der Waals surface area contributed by atoms with Crippen LogP contribution in [0.25, 0.3) is 0 Å². The van der Waals surface area contributed by atoms with Crippen LogP contribution in [0, 0.1) is 6.92 Å². The monoisotopic (exact) mass is 360 g/mol. The molecule has 2 amide bonds. The van der Waals surface area contributed by atoms with Crippen molar-refractivity contribution in [1.82, 2.24) is 9.88 Å². The summed E-state index contributed by atoms with van der Waals surface area (Å²) in [5, 5.41) is 8.14. The van der Waals surface area contributed by atoms with Gasteiger partial charge in [-0.2, -0.15) is 0 Å². The average Bonchev–Trinajstić information content (AvgIpc) is 2.96. The minimum Gasteiger partial charge on any atom is -0.325 e. The number of nitrogens with one attached hydrogen (secondary N) is 2. The van der Waals surface area contributed by atoms with Gasteiger partial charge in [-0.15, -0.1) is 11.3 Å². The summed E-state index contributed by atoms with van der Waals surface area (Å²) >= 11 is 1.39. The molecule has 0 saturated carbocycles. The predicted molar refractivity (Wildman–Crippen MR) is 102 cm³/mol. The Bertz CT molecular complexity index is 729. The summed E-state index contributed by atoms with van der Waals surface area (Å²) in [6.07, 6.45) is 0.945. The third-order valence-electron chi connectivity index (χ3n) is 3.55. The lowest BCUT2D eigenvalue weighted by atomic mass is 10.2. The number of thiazole rings is 1. The van der Waals surface area contributed by atoms with Crippen LogP contribution in [0.5, 0.6) is 0 Å². The van der Waals surface area contributed by atoms with Crippen molar-refractivity contribution < 1.29 is 9.59 Å². The van der Waals surface area contributed by atoms with E-state index >= 15 is 0 Å². The smallest absolute Gasteiger partial charge is 0.238 e. The highest BCUT2D eigenvalue weighted by Gasteiger charge is 2.13. The average molecular weight is 360 g/mol. The van der Waals surface area contributed by atoms with Gasteiger partial charge in [0.25, 0.3) is 0 Å². The number of hydrogen-bond acceptors (Lipinski definition) is 5. The number of amides is 2. The quantitative estimate of drug-likeness (QED) is 0.758. The lowest BCUT2D eigenvalue weighted by Gasteiger charge is -2.20. The van der Waals surface area contributed by atoms with Gasteiger partial charge in [0.1, 0.15) is 0 Å². The zero-order valence-corrected chi connectivity index (χ0v) is 15.7. The molecule has 2 rings (SSSR count). The van der Waals surface area contributed by atoms with Gasteiger partial charge in [-0.1, -0.05) is 25.1 Å². The Hall–Kier alpha value is -2.25. The van der Waals surface area contributed by atoms with Crippen LogP contribution in [0.15, 0.2) is 29.6 Å². The van der Waals surface area contributed by atoms with Crippen molar-refractivity contribution in [2.24, 2.45) is 0 Å². The lowest BCUT2D eigenvalue weighted by molar-refractivity contribution is -0.117. The molecule has 0 fully saturated rings. The van der Waals surface area contributed by atoms with Crippen LogP contribution in [-0.4, -0.2) is 34.8 Å². The number of aromatic nitrogens is 1. The maximum absolute atomic E-state index is 12.4. The zero-order chi connectivity index (χ0) is 18.2. The number of para-hydroxylation sites is 1. The molecule has 134 valence electrons. The van der Waals surface area contributed by atoms with E-state index in [2.05, 4.69) is 27.4 Å². The first-order valence-electron chi connectivity index (χ1n) is 8.27. The summed E-state index contributed by atoms with van der Waals surface area (Å²) in [5.41, 5.74) is 2.73. The Kier molecular flexibility index (Phi) is 7.09. The Morgan fingerprint density at radius 2 is 2.00 bits per heavy atom. The second-order valence-electron chi connectivity index (χ2n) is 5.90. The number of nitrogens with zero attached hydrogens (tertiary/aromatic N) is 2. The highest BCUT2D eigenvalue weighted by molar-refractivity contribution is 7.13. The van der Waals surface area contributed by atoms with Crippen molar-refractivity contribution in [1.29, 1.82) is 0 Å². The maximum atomic E-state index is 12.4. The van der Waals surface area contributed by atoms with Crippen LogP contribution in [0.2, 0.25) is 0 Å². The van der Waals surface area contributed by atoms with Crippen LogP contribution in [0.4, 0.5) is 10.8 Å². The SMILES string of the molecule is CCCN(CC(=O)Nc1ccccc1C)Cc1csc(NC(C)=O)n1. The van der Waals surface area contributed by atoms with Gasteiger partial charge in [-0.3, -0.25) is 14.5 Å². The summed E-state index contributed by atoms with van der Waals surface area (Å²) < 4.78 is 0. The second kappa shape index (κ2) is 9.29. The minimum absolute atomic E-state index is 0.0416. The maximum Gasteiger partial charge on any atom is 0.238 e. The molecule has 25 heavy (non-hydrogen) atoms. The van der Waals surface area contributed by atoms with E-state index in [4.69, 9.17) is 0 Å². The van der Waals surface area contributed by atoms with Crippen LogP contribution in [0.1, 0.15) is 31.5 Å². The minimum atomic E-state index is -0.135. The number of carbonyl (C=O) groups excluding carboxylic acids is 2. The predicted octanol–water partition coefficient (Wildman–Crippen LogP) is 3.26. The van der Waals surface area contributed by atoms with Gasteiger partial charge in [0.2, 0.25) is 11.8 Å². The van der Waals surface area contributed by atoms with Crippen molar-refractivity contribution in [3.05, 3.63) is 40.9 Å². The molecule has 0 unspecified atom stereocenters. The highest BCUT2D eigenvalue weighted by Crippen LogP contribution is 2.17. The molecular formula is C18H24N4O2S. The second-order valence-corrected chi connectivity index (χ2v) is 6.76. The number of aryl methyl sites for hydroxylation is 1. The van der Waals surface area contributed by atoms with E-state index in [9.17, 15) is 9.59 Å². The molecule has 0 aliphatic heterocycles. The summed E-state index contributed by atoms with van der Waals surface area (Å²) in [7, 11) is 0. The van der Waals surface area contributed by atoms with Gasteiger partial charge in [0.05, 0.1) is 12.2 Å². The van der Waals surface area contributed by atoms with E-state index in [-0.39, 0.29) is 11.8 Å². The number of benzene rings is 1. The van der Waals surface area contributed by atoms with E-state index < -0.39 is 0 Å². The fraction of sp³-hybridized carbons (Fsp3) is 0.389. The van der Waals surface area contributed by atoms with Crippen molar-refractivity contribution in [2.45, 2.75) is 33.7 Å². The molecule has 0 atom stereocenters. The molecule has 1 heterocycles. The molecule has 1 aromatic carbocycles. The number of anilines is 2. The highest BCUT2D eigenvalue weighted by atomic mass is 32.1. The molecular weight excluding hydrogens is 336 g/mol. The normalized spacial score (nSPS) is 10.7. The third-order valence-corrected chi connectivity index (χ3v) is 4.35. The first-order valence-corrected chi connectivity index (χ1v) is 9.15. The Morgan fingerprint density at radius 3 is 2.68 bits per heavy atom. The third kappa shape index (κ3) is 6.28. The number of carbonyl (C=O) groups is 2. The summed E-state index contributed by atoms with van der Waals surface area (Å²) in [4.78, 5) is 29.9. The van der Waals surface area contributed by atoms with Crippen molar-refractivity contribution in [3.8, 4) is 0 Å². The summed E-state index contributed by atoms with van der Waals surface area (Å²) in [5.74, 6) is -0.177. The number of hydrogen-bond donors (Lipinski definition) is 2. The van der Waals surface area contributed by atoms with E-state index in [0.717, 1.165) is 29.9 Å². The van der Waals surface area contributed by atoms with Crippen LogP contribution in [0.3, 0.4) is 0 Å². The van der Waals surface area contributed by atoms with Gasteiger partial charge in [0.15, 0.2) is 5.13 Å². The molecule has 0 bridgehead atoms. The van der Waals surface area contributed by atoms with Gasteiger partial charge >= 0.3 is 0 Å². The zero-order valence-electron chi connectivity index (χ0n) is 14.8. The van der Waals surface area contributed by atoms with Gasteiger partial charge < -0.3 is 10.6 Å². The van der Waals surface area contributed by atoms with Crippen molar-refractivity contribution in [3.63, 3.8) is 0 Å². The lowest BCUT2D eigenvalue weighted by Crippen LogP contribution is -2.33. The fourth-order valence-corrected chi connectivity index (χ4v) is 3.20. The van der Waals surface area contributed by atoms with Crippen LogP contribution < -0.4 is 10.6 Å². The molecule has 2 N–H and O–H groups in total. The van der Waals surface area contributed by atoms with Crippen LogP contribution >= 0.6 is 11.3 Å². The van der Waals surface area contributed by atoms with Gasteiger partial charge in [-0.25, -0.2) is 4.98 Å². The Morgan fingerprint density at radius 1 is 1.24 bits per heavy atom. The fourth-order valence-electron chi connectivity index (χ4n) is 2.45. The molecule has 2 aromatic rings.